The van der Waals surface area contributed by atoms with Crippen LogP contribution in [-0.4, -0.2) is 38.3 Å². The molecule has 2 aromatic heterocycles. The zero-order valence-electron chi connectivity index (χ0n) is 12.7. The molecule has 1 atom stereocenters. The first-order valence-electron chi connectivity index (χ1n) is 7.30. The molecule has 1 saturated heterocycles. The molecule has 6 heteroatoms. The Labute approximate surface area is 123 Å². The normalized spacial score (nSPS) is 18.4. The van der Waals surface area contributed by atoms with Crippen LogP contribution in [0, 0.1) is 20.8 Å². The molecule has 0 spiro atoms. The molecule has 112 valence electrons. The fraction of sp³-hybridized carbons (Fsp3) is 0.533. The summed E-state index contributed by atoms with van der Waals surface area (Å²) in [6.07, 6.45) is 2.01. The lowest BCUT2D eigenvalue weighted by Crippen LogP contribution is -2.38. The second-order valence-electron chi connectivity index (χ2n) is 5.74. The van der Waals surface area contributed by atoms with Crippen molar-refractivity contribution in [3.63, 3.8) is 0 Å². The Hall–Kier alpha value is -2.11. The van der Waals surface area contributed by atoms with Gasteiger partial charge in [-0.3, -0.25) is 9.48 Å². The van der Waals surface area contributed by atoms with Gasteiger partial charge in [-0.15, -0.1) is 0 Å². The molecule has 3 heterocycles. The Kier molecular flexibility index (Phi) is 3.53. The standard InChI is InChI=1S/C15H20N4O2/c1-10-7-12(3)19(16-10)9-13-5-4-6-18(13)15(20)14-8-11(2)17-21-14/h7-8,13H,4-6,9H2,1-3H3/t13-/m1/s1. The SMILES string of the molecule is Cc1cc(C(=O)N2CCC[C@@H]2Cn2nc(C)cc2C)on1. The highest BCUT2D eigenvalue weighted by Crippen LogP contribution is 2.22. The number of likely N-dealkylation sites (tertiary alicyclic amines) is 1. The minimum atomic E-state index is -0.0698. The third-order valence-electron chi connectivity index (χ3n) is 3.96. The van der Waals surface area contributed by atoms with Crippen LogP contribution < -0.4 is 0 Å². The molecule has 21 heavy (non-hydrogen) atoms. The van der Waals surface area contributed by atoms with Gasteiger partial charge in [-0.2, -0.15) is 5.10 Å². The second-order valence-corrected chi connectivity index (χ2v) is 5.74. The van der Waals surface area contributed by atoms with Gasteiger partial charge in [-0.1, -0.05) is 5.16 Å². The summed E-state index contributed by atoms with van der Waals surface area (Å²) >= 11 is 0. The number of carbonyl (C=O) groups is 1. The van der Waals surface area contributed by atoms with Crippen LogP contribution in [-0.2, 0) is 6.54 Å². The highest BCUT2D eigenvalue weighted by atomic mass is 16.5. The van der Waals surface area contributed by atoms with Crippen LogP contribution in [0.25, 0.3) is 0 Å². The third kappa shape index (κ3) is 2.70. The minimum Gasteiger partial charge on any atom is -0.351 e. The molecular weight excluding hydrogens is 268 g/mol. The summed E-state index contributed by atoms with van der Waals surface area (Å²) < 4.78 is 7.08. The number of hydrogen-bond donors (Lipinski definition) is 0. The molecule has 2 aromatic rings. The van der Waals surface area contributed by atoms with E-state index in [0.717, 1.165) is 43.0 Å². The lowest BCUT2D eigenvalue weighted by Gasteiger charge is -2.24. The van der Waals surface area contributed by atoms with Gasteiger partial charge in [0.1, 0.15) is 0 Å². The van der Waals surface area contributed by atoms with Crippen LogP contribution >= 0.6 is 0 Å². The van der Waals surface area contributed by atoms with E-state index in [0.29, 0.717) is 5.76 Å². The summed E-state index contributed by atoms with van der Waals surface area (Å²) in [6.45, 7) is 7.35. The van der Waals surface area contributed by atoms with Gasteiger partial charge in [-0.05, 0) is 39.7 Å². The zero-order valence-corrected chi connectivity index (χ0v) is 12.7. The quantitative estimate of drug-likeness (QED) is 0.867. The Bertz CT molecular complexity index is 658. The lowest BCUT2D eigenvalue weighted by molar-refractivity contribution is 0.0679. The molecule has 3 rings (SSSR count). The Balaban J connectivity index is 1.76. The molecule has 1 aliphatic heterocycles. The van der Waals surface area contributed by atoms with E-state index in [4.69, 9.17) is 4.52 Å². The number of carbonyl (C=O) groups excluding carboxylic acids is 1. The number of aromatic nitrogens is 3. The van der Waals surface area contributed by atoms with E-state index < -0.39 is 0 Å². The topological polar surface area (TPSA) is 64.2 Å². The molecule has 6 nitrogen and oxygen atoms in total. The number of rotatable bonds is 3. The van der Waals surface area contributed by atoms with Crippen LogP contribution in [0.3, 0.4) is 0 Å². The average Bonchev–Trinajstić information content (AvgIpc) is 3.12. The monoisotopic (exact) mass is 288 g/mol. The van der Waals surface area contributed by atoms with Crippen LogP contribution in [0.1, 0.15) is 40.5 Å². The van der Waals surface area contributed by atoms with E-state index in [-0.39, 0.29) is 11.9 Å². The summed E-state index contributed by atoms with van der Waals surface area (Å²) in [5, 5.41) is 8.28. The second kappa shape index (κ2) is 5.35. The molecule has 1 amide bonds. The van der Waals surface area contributed by atoms with Gasteiger partial charge in [-0.25, -0.2) is 0 Å². The first kappa shape index (κ1) is 13.9. The minimum absolute atomic E-state index is 0.0698. The van der Waals surface area contributed by atoms with Gasteiger partial charge in [0.2, 0.25) is 5.76 Å². The number of hydrogen-bond acceptors (Lipinski definition) is 4. The third-order valence-corrected chi connectivity index (χ3v) is 3.96. The van der Waals surface area contributed by atoms with Gasteiger partial charge in [0.25, 0.3) is 5.91 Å². The molecule has 1 aliphatic rings. The average molecular weight is 288 g/mol. The molecule has 0 saturated carbocycles. The molecular formula is C15H20N4O2. The van der Waals surface area contributed by atoms with Crippen molar-refractivity contribution < 1.29 is 9.32 Å². The van der Waals surface area contributed by atoms with Crippen molar-refractivity contribution in [3.8, 4) is 0 Å². The van der Waals surface area contributed by atoms with Crippen molar-refractivity contribution in [2.24, 2.45) is 0 Å². The highest BCUT2D eigenvalue weighted by molar-refractivity contribution is 5.91. The fourth-order valence-corrected chi connectivity index (χ4v) is 2.96. The Morgan fingerprint density at radius 1 is 1.33 bits per heavy atom. The lowest BCUT2D eigenvalue weighted by atomic mass is 10.2. The van der Waals surface area contributed by atoms with Crippen molar-refractivity contribution in [3.05, 3.63) is 35.0 Å². The summed E-state index contributed by atoms with van der Waals surface area (Å²) in [6, 6.07) is 3.92. The molecule has 0 bridgehead atoms. The summed E-state index contributed by atoms with van der Waals surface area (Å²) in [5.74, 6) is 0.257. The van der Waals surface area contributed by atoms with Crippen LogP contribution in [0.15, 0.2) is 16.7 Å². The van der Waals surface area contributed by atoms with E-state index in [2.05, 4.69) is 16.3 Å². The predicted octanol–water partition coefficient (Wildman–Crippen LogP) is 2.10. The predicted molar refractivity (Wildman–Crippen MR) is 77.0 cm³/mol. The van der Waals surface area contributed by atoms with Crippen molar-refractivity contribution in [2.45, 2.75) is 46.2 Å². The van der Waals surface area contributed by atoms with E-state index in [1.54, 1.807) is 6.07 Å². The van der Waals surface area contributed by atoms with Crippen molar-refractivity contribution in [2.75, 3.05) is 6.54 Å². The number of aryl methyl sites for hydroxylation is 3. The van der Waals surface area contributed by atoms with Crippen LogP contribution in [0.2, 0.25) is 0 Å². The van der Waals surface area contributed by atoms with E-state index >= 15 is 0 Å². The van der Waals surface area contributed by atoms with Gasteiger partial charge in [0.05, 0.1) is 24.0 Å². The van der Waals surface area contributed by atoms with Gasteiger partial charge in [0, 0.05) is 18.3 Å². The Morgan fingerprint density at radius 2 is 2.14 bits per heavy atom. The van der Waals surface area contributed by atoms with Gasteiger partial charge in [0.15, 0.2) is 0 Å². The molecule has 1 fully saturated rings. The van der Waals surface area contributed by atoms with E-state index in [1.807, 2.05) is 30.4 Å². The zero-order chi connectivity index (χ0) is 15.0. The van der Waals surface area contributed by atoms with Crippen LogP contribution in [0.5, 0.6) is 0 Å². The van der Waals surface area contributed by atoms with Gasteiger partial charge >= 0.3 is 0 Å². The molecule has 0 aliphatic carbocycles. The molecule has 0 aromatic carbocycles. The fourth-order valence-electron chi connectivity index (χ4n) is 2.96. The molecule has 0 unspecified atom stereocenters. The highest BCUT2D eigenvalue weighted by Gasteiger charge is 2.32. The van der Waals surface area contributed by atoms with E-state index in [1.165, 1.54) is 0 Å². The van der Waals surface area contributed by atoms with E-state index in [9.17, 15) is 4.79 Å². The first-order valence-corrected chi connectivity index (χ1v) is 7.30. The maximum atomic E-state index is 12.5. The molecule has 0 radical (unpaired) electrons. The maximum Gasteiger partial charge on any atom is 0.292 e. The smallest absolute Gasteiger partial charge is 0.292 e. The number of amides is 1. The maximum absolute atomic E-state index is 12.5. The van der Waals surface area contributed by atoms with Crippen LogP contribution in [0.4, 0.5) is 0 Å². The number of nitrogens with zero attached hydrogens (tertiary/aromatic N) is 4. The summed E-state index contributed by atoms with van der Waals surface area (Å²) in [5.41, 5.74) is 2.86. The van der Waals surface area contributed by atoms with Crippen molar-refractivity contribution in [1.29, 1.82) is 0 Å². The largest absolute Gasteiger partial charge is 0.351 e. The molecule has 0 N–H and O–H groups in total. The van der Waals surface area contributed by atoms with Gasteiger partial charge < -0.3 is 9.42 Å². The Morgan fingerprint density at radius 3 is 2.76 bits per heavy atom. The first-order chi connectivity index (χ1) is 10.0. The van der Waals surface area contributed by atoms with Crippen molar-refractivity contribution >= 4 is 5.91 Å². The summed E-state index contributed by atoms with van der Waals surface area (Å²) in [4.78, 5) is 14.4. The summed E-state index contributed by atoms with van der Waals surface area (Å²) in [7, 11) is 0. The van der Waals surface area contributed by atoms with Crippen molar-refractivity contribution in [1.82, 2.24) is 19.8 Å².